The Morgan fingerprint density at radius 1 is 1.17 bits per heavy atom. The average Bonchev–Trinajstić information content (AvgIpc) is 2.99. The van der Waals surface area contributed by atoms with Crippen molar-refractivity contribution in [3.8, 4) is 0 Å². The first-order valence-electron chi connectivity index (χ1n) is 7.97. The van der Waals surface area contributed by atoms with E-state index >= 15 is 0 Å². The molecule has 1 aliphatic rings. The molecule has 3 rings (SSSR count). The van der Waals surface area contributed by atoms with Gasteiger partial charge in [0.05, 0.1) is 6.61 Å². The highest BCUT2D eigenvalue weighted by atomic mass is 16.5. The third kappa shape index (κ3) is 3.71. The van der Waals surface area contributed by atoms with Gasteiger partial charge in [-0.2, -0.15) is 0 Å². The lowest BCUT2D eigenvalue weighted by atomic mass is 10.1. The fraction of sp³-hybridized carbons (Fsp3) is 0.316. The van der Waals surface area contributed by atoms with E-state index in [1.807, 2.05) is 24.3 Å². The number of fused-ring (bicyclic) bond motifs is 1. The highest BCUT2D eigenvalue weighted by molar-refractivity contribution is 5.94. The molecule has 1 amide bonds. The number of benzene rings is 2. The van der Waals surface area contributed by atoms with Gasteiger partial charge in [-0.3, -0.25) is 4.79 Å². The number of methoxy groups -OCH3 is 1. The molecule has 0 atom stereocenters. The average molecular weight is 310 g/mol. The first-order valence-corrected chi connectivity index (χ1v) is 7.97. The molecule has 0 aliphatic carbocycles. The van der Waals surface area contributed by atoms with Gasteiger partial charge in [0.15, 0.2) is 0 Å². The van der Waals surface area contributed by atoms with E-state index in [1.54, 1.807) is 7.11 Å². The van der Waals surface area contributed by atoms with Crippen LogP contribution in [0.2, 0.25) is 0 Å². The predicted octanol–water partition coefficient (Wildman–Crippen LogP) is 2.63. The van der Waals surface area contributed by atoms with E-state index < -0.39 is 0 Å². The second-order valence-electron chi connectivity index (χ2n) is 5.75. The minimum Gasteiger partial charge on any atom is -0.383 e. The SMILES string of the molecule is COCCNC(=O)c1ccc(CN2CCc3ccccc32)cc1. The van der Waals surface area contributed by atoms with Gasteiger partial charge in [-0.1, -0.05) is 30.3 Å². The molecular formula is C19H22N2O2. The maximum atomic E-state index is 12.0. The topological polar surface area (TPSA) is 41.6 Å². The van der Waals surface area contributed by atoms with E-state index in [1.165, 1.54) is 16.8 Å². The first kappa shape index (κ1) is 15.6. The summed E-state index contributed by atoms with van der Waals surface area (Å²) in [7, 11) is 1.62. The number of carbonyl (C=O) groups is 1. The molecular weight excluding hydrogens is 288 g/mol. The van der Waals surface area contributed by atoms with E-state index in [2.05, 4.69) is 34.5 Å². The van der Waals surface area contributed by atoms with E-state index in [4.69, 9.17) is 4.74 Å². The first-order chi connectivity index (χ1) is 11.3. The number of carbonyl (C=O) groups excluding carboxylic acids is 1. The van der Waals surface area contributed by atoms with Crippen molar-refractivity contribution >= 4 is 11.6 Å². The number of amides is 1. The van der Waals surface area contributed by atoms with Gasteiger partial charge in [-0.25, -0.2) is 0 Å². The number of nitrogens with one attached hydrogen (secondary N) is 1. The second kappa shape index (κ2) is 7.29. The molecule has 1 aliphatic heterocycles. The van der Waals surface area contributed by atoms with E-state index in [0.717, 1.165) is 19.5 Å². The molecule has 1 N–H and O–H groups in total. The summed E-state index contributed by atoms with van der Waals surface area (Å²) in [5, 5.41) is 2.83. The minimum absolute atomic E-state index is 0.0554. The summed E-state index contributed by atoms with van der Waals surface area (Å²) in [6.45, 7) is 2.99. The van der Waals surface area contributed by atoms with E-state index in [9.17, 15) is 4.79 Å². The number of anilines is 1. The van der Waals surface area contributed by atoms with Crippen molar-refractivity contribution in [2.24, 2.45) is 0 Å². The normalized spacial score (nSPS) is 13.0. The largest absolute Gasteiger partial charge is 0.383 e. The quantitative estimate of drug-likeness (QED) is 0.834. The highest BCUT2D eigenvalue weighted by Crippen LogP contribution is 2.28. The number of ether oxygens (including phenoxy) is 1. The molecule has 0 bridgehead atoms. The maximum Gasteiger partial charge on any atom is 0.251 e. The molecule has 23 heavy (non-hydrogen) atoms. The van der Waals surface area contributed by atoms with Crippen LogP contribution >= 0.6 is 0 Å². The molecule has 0 fully saturated rings. The minimum atomic E-state index is -0.0554. The van der Waals surface area contributed by atoms with Crippen LogP contribution in [0, 0.1) is 0 Å². The van der Waals surface area contributed by atoms with Crippen LogP contribution in [0.15, 0.2) is 48.5 Å². The molecule has 2 aromatic carbocycles. The van der Waals surface area contributed by atoms with Crippen LogP contribution in [0.1, 0.15) is 21.5 Å². The van der Waals surface area contributed by atoms with Gasteiger partial charge in [0.25, 0.3) is 5.91 Å². The van der Waals surface area contributed by atoms with Crippen LogP contribution in [0.4, 0.5) is 5.69 Å². The zero-order chi connectivity index (χ0) is 16.1. The van der Waals surface area contributed by atoms with Crippen LogP contribution in [-0.2, 0) is 17.7 Å². The lowest BCUT2D eigenvalue weighted by Gasteiger charge is -2.19. The molecule has 0 spiro atoms. The van der Waals surface area contributed by atoms with Crippen molar-refractivity contribution in [2.45, 2.75) is 13.0 Å². The van der Waals surface area contributed by atoms with Crippen molar-refractivity contribution < 1.29 is 9.53 Å². The van der Waals surface area contributed by atoms with Gasteiger partial charge in [0.2, 0.25) is 0 Å². The number of rotatable bonds is 6. The monoisotopic (exact) mass is 310 g/mol. The second-order valence-corrected chi connectivity index (χ2v) is 5.75. The Morgan fingerprint density at radius 2 is 1.96 bits per heavy atom. The van der Waals surface area contributed by atoms with E-state index in [0.29, 0.717) is 18.7 Å². The zero-order valence-corrected chi connectivity index (χ0v) is 13.4. The van der Waals surface area contributed by atoms with Gasteiger partial charge in [-0.05, 0) is 35.7 Å². The summed E-state index contributed by atoms with van der Waals surface area (Å²) in [5.41, 5.74) is 4.65. The number of hydrogen-bond acceptors (Lipinski definition) is 3. The zero-order valence-electron chi connectivity index (χ0n) is 13.4. The Balaban J connectivity index is 1.61. The molecule has 0 unspecified atom stereocenters. The summed E-state index contributed by atoms with van der Waals surface area (Å²) >= 11 is 0. The van der Waals surface area contributed by atoms with Crippen LogP contribution in [0.3, 0.4) is 0 Å². The van der Waals surface area contributed by atoms with Gasteiger partial charge in [0, 0.05) is 38.0 Å². The molecule has 0 saturated carbocycles. The lowest BCUT2D eigenvalue weighted by molar-refractivity contribution is 0.0937. The Bertz CT molecular complexity index is 667. The summed E-state index contributed by atoms with van der Waals surface area (Å²) < 4.78 is 4.93. The summed E-state index contributed by atoms with van der Waals surface area (Å²) in [5.74, 6) is -0.0554. The summed E-state index contributed by atoms with van der Waals surface area (Å²) in [6, 6.07) is 16.4. The van der Waals surface area contributed by atoms with Crippen molar-refractivity contribution in [2.75, 3.05) is 31.7 Å². The molecule has 0 saturated heterocycles. The standard InChI is InChI=1S/C19H22N2O2/c1-23-13-11-20-19(22)17-8-6-15(7-9-17)14-21-12-10-16-4-2-3-5-18(16)21/h2-9H,10-14H2,1H3,(H,20,22). The van der Waals surface area contributed by atoms with Gasteiger partial charge >= 0.3 is 0 Å². The van der Waals surface area contributed by atoms with Gasteiger partial charge in [-0.15, -0.1) is 0 Å². The van der Waals surface area contributed by atoms with Crippen LogP contribution in [-0.4, -0.2) is 32.7 Å². The fourth-order valence-electron chi connectivity index (χ4n) is 2.92. The van der Waals surface area contributed by atoms with Crippen LogP contribution < -0.4 is 10.2 Å². The smallest absolute Gasteiger partial charge is 0.251 e. The molecule has 0 radical (unpaired) electrons. The van der Waals surface area contributed by atoms with Crippen molar-refractivity contribution in [1.29, 1.82) is 0 Å². The lowest BCUT2D eigenvalue weighted by Crippen LogP contribution is -2.27. The number of para-hydroxylation sites is 1. The summed E-state index contributed by atoms with van der Waals surface area (Å²) in [6.07, 6.45) is 1.11. The molecule has 120 valence electrons. The molecule has 1 heterocycles. The van der Waals surface area contributed by atoms with Crippen molar-refractivity contribution in [3.63, 3.8) is 0 Å². The third-order valence-corrected chi connectivity index (χ3v) is 4.16. The molecule has 0 aromatic heterocycles. The third-order valence-electron chi connectivity index (χ3n) is 4.16. The Morgan fingerprint density at radius 3 is 2.74 bits per heavy atom. The molecule has 4 nitrogen and oxygen atoms in total. The fourth-order valence-corrected chi connectivity index (χ4v) is 2.92. The van der Waals surface area contributed by atoms with Crippen LogP contribution in [0.5, 0.6) is 0 Å². The maximum absolute atomic E-state index is 12.0. The van der Waals surface area contributed by atoms with Gasteiger partial charge in [0.1, 0.15) is 0 Å². The van der Waals surface area contributed by atoms with Gasteiger partial charge < -0.3 is 15.0 Å². The molecule has 2 aromatic rings. The Hall–Kier alpha value is -2.33. The molecule has 4 heteroatoms. The van der Waals surface area contributed by atoms with Crippen molar-refractivity contribution in [1.82, 2.24) is 5.32 Å². The van der Waals surface area contributed by atoms with E-state index in [-0.39, 0.29) is 5.91 Å². The summed E-state index contributed by atoms with van der Waals surface area (Å²) in [4.78, 5) is 14.4. The predicted molar refractivity (Wildman–Crippen MR) is 91.8 cm³/mol. The van der Waals surface area contributed by atoms with Crippen LogP contribution in [0.25, 0.3) is 0 Å². The number of nitrogens with zero attached hydrogens (tertiary/aromatic N) is 1. The van der Waals surface area contributed by atoms with Crippen molar-refractivity contribution in [3.05, 3.63) is 65.2 Å². The highest BCUT2D eigenvalue weighted by Gasteiger charge is 2.18. The Kier molecular flexibility index (Phi) is 4.93. The Labute approximate surface area is 137 Å². The number of hydrogen-bond donors (Lipinski definition) is 1.